The zero-order valence-corrected chi connectivity index (χ0v) is 12.2. The first-order valence-electron chi connectivity index (χ1n) is 7.24. The topological polar surface area (TPSA) is 78.5 Å². The zero-order valence-electron chi connectivity index (χ0n) is 12.2. The van der Waals surface area contributed by atoms with Crippen molar-refractivity contribution in [3.8, 4) is 0 Å². The molecule has 0 atom stereocenters. The summed E-state index contributed by atoms with van der Waals surface area (Å²) in [5.74, 6) is 1.15. The van der Waals surface area contributed by atoms with E-state index in [1.54, 1.807) is 6.20 Å². The van der Waals surface area contributed by atoms with Crippen molar-refractivity contribution in [2.45, 2.75) is 0 Å². The maximum atomic E-state index is 4.45. The van der Waals surface area contributed by atoms with Crippen molar-refractivity contribution in [2.24, 2.45) is 0 Å². The lowest BCUT2D eigenvalue weighted by molar-refractivity contribution is 1.19. The van der Waals surface area contributed by atoms with E-state index in [1.807, 2.05) is 60.7 Å². The molecule has 0 unspecified atom stereocenters. The average Bonchev–Trinajstić information content (AvgIpc) is 2.98. The number of nitrogens with zero attached hydrogens (tertiary/aromatic N) is 3. The minimum atomic E-state index is 0.515. The zero-order chi connectivity index (χ0) is 15.5. The number of nitrogens with one attached hydrogen (secondary N) is 3. The van der Waals surface area contributed by atoms with E-state index in [0.717, 1.165) is 16.9 Å². The molecule has 0 aliphatic carbocycles. The molecule has 0 spiro atoms. The van der Waals surface area contributed by atoms with Crippen LogP contribution in [0, 0.1) is 0 Å². The molecule has 23 heavy (non-hydrogen) atoms. The van der Waals surface area contributed by atoms with Crippen molar-refractivity contribution < 1.29 is 0 Å². The standard InChI is InChI=1S/C17H14N6/c1-3-7-12(8-4-1)19-16-18-11-14-15(22-16)23-17(21-14)20-13-9-5-2-6-10-13/h1-11H,(H3,18,19,20,21,22,23). The first kappa shape index (κ1) is 13.3. The van der Waals surface area contributed by atoms with Gasteiger partial charge < -0.3 is 15.6 Å². The molecule has 0 fully saturated rings. The number of para-hydroxylation sites is 2. The van der Waals surface area contributed by atoms with Crippen molar-refractivity contribution in [2.75, 3.05) is 10.6 Å². The Hall–Kier alpha value is -3.41. The van der Waals surface area contributed by atoms with Crippen LogP contribution in [0.5, 0.6) is 0 Å². The van der Waals surface area contributed by atoms with Crippen LogP contribution in [0.2, 0.25) is 0 Å². The van der Waals surface area contributed by atoms with Crippen LogP contribution in [0.1, 0.15) is 0 Å². The van der Waals surface area contributed by atoms with Crippen LogP contribution < -0.4 is 10.6 Å². The molecule has 0 saturated carbocycles. The van der Waals surface area contributed by atoms with E-state index in [9.17, 15) is 0 Å². The second kappa shape index (κ2) is 5.76. The quantitative estimate of drug-likeness (QED) is 0.534. The minimum absolute atomic E-state index is 0.515. The first-order valence-corrected chi connectivity index (χ1v) is 7.24. The Morgan fingerprint density at radius 2 is 1.39 bits per heavy atom. The van der Waals surface area contributed by atoms with Crippen LogP contribution >= 0.6 is 0 Å². The van der Waals surface area contributed by atoms with E-state index in [-0.39, 0.29) is 0 Å². The molecule has 0 bridgehead atoms. The molecule has 0 amide bonds. The molecular formula is C17H14N6. The molecule has 4 aromatic rings. The van der Waals surface area contributed by atoms with Crippen molar-refractivity contribution in [3.05, 3.63) is 66.9 Å². The summed E-state index contributed by atoms with van der Waals surface area (Å²) >= 11 is 0. The third kappa shape index (κ3) is 2.96. The van der Waals surface area contributed by atoms with Crippen LogP contribution in [0.15, 0.2) is 66.9 Å². The summed E-state index contributed by atoms with van der Waals surface area (Å²) in [5, 5.41) is 6.37. The number of H-pyrrole nitrogens is 1. The summed E-state index contributed by atoms with van der Waals surface area (Å²) < 4.78 is 0. The number of anilines is 4. The summed E-state index contributed by atoms with van der Waals surface area (Å²) in [5.41, 5.74) is 3.28. The number of aromatic amines is 1. The lowest BCUT2D eigenvalue weighted by Gasteiger charge is -2.02. The Labute approximate surface area is 132 Å². The van der Waals surface area contributed by atoms with Gasteiger partial charge in [0.15, 0.2) is 5.65 Å². The molecule has 4 rings (SSSR count). The van der Waals surface area contributed by atoms with Crippen LogP contribution in [-0.4, -0.2) is 19.9 Å². The number of hydrogen-bond donors (Lipinski definition) is 3. The van der Waals surface area contributed by atoms with E-state index in [4.69, 9.17) is 0 Å². The second-order valence-electron chi connectivity index (χ2n) is 5.00. The number of benzene rings is 2. The molecule has 0 saturated heterocycles. The van der Waals surface area contributed by atoms with Crippen molar-refractivity contribution >= 4 is 34.4 Å². The van der Waals surface area contributed by atoms with E-state index in [2.05, 4.69) is 30.6 Å². The van der Waals surface area contributed by atoms with Crippen LogP contribution in [0.25, 0.3) is 11.2 Å². The van der Waals surface area contributed by atoms with Crippen molar-refractivity contribution in [3.63, 3.8) is 0 Å². The third-order valence-electron chi connectivity index (χ3n) is 3.31. The van der Waals surface area contributed by atoms with Crippen molar-refractivity contribution in [1.29, 1.82) is 0 Å². The van der Waals surface area contributed by atoms with Gasteiger partial charge in [0.2, 0.25) is 11.9 Å². The van der Waals surface area contributed by atoms with Gasteiger partial charge in [-0.05, 0) is 24.3 Å². The molecule has 2 heterocycles. The van der Waals surface area contributed by atoms with E-state index < -0.39 is 0 Å². The summed E-state index contributed by atoms with van der Waals surface area (Å²) in [6.07, 6.45) is 1.72. The molecule has 6 nitrogen and oxygen atoms in total. The molecule has 6 heteroatoms. The van der Waals surface area contributed by atoms with Gasteiger partial charge in [0.1, 0.15) is 5.52 Å². The highest BCUT2D eigenvalue weighted by Crippen LogP contribution is 2.18. The monoisotopic (exact) mass is 302 g/mol. The molecular weight excluding hydrogens is 288 g/mol. The van der Waals surface area contributed by atoms with Gasteiger partial charge in [0.05, 0.1) is 6.20 Å². The molecule has 112 valence electrons. The molecule has 2 aromatic heterocycles. The van der Waals surface area contributed by atoms with Gasteiger partial charge in [-0.2, -0.15) is 9.97 Å². The molecule has 2 aromatic carbocycles. The van der Waals surface area contributed by atoms with Crippen LogP contribution in [0.4, 0.5) is 23.3 Å². The van der Waals surface area contributed by atoms with E-state index >= 15 is 0 Å². The summed E-state index contributed by atoms with van der Waals surface area (Å²) in [6, 6.07) is 19.6. The fourth-order valence-corrected chi connectivity index (χ4v) is 2.24. The van der Waals surface area contributed by atoms with Gasteiger partial charge in [-0.1, -0.05) is 36.4 Å². The number of imidazole rings is 1. The van der Waals surface area contributed by atoms with E-state index in [1.165, 1.54) is 0 Å². The minimum Gasteiger partial charge on any atom is -0.326 e. The number of rotatable bonds is 4. The largest absolute Gasteiger partial charge is 0.326 e. The maximum Gasteiger partial charge on any atom is 0.229 e. The lowest BCUT2D eigenvalue weighted by atomic mass is 10.3. The molecule has 0 aliphatic rings. The number of fused-ring (bicyclic) bond motifs is 1. The fourth-order valence-electron chi connectivity index (χ4n) is 2.24. The summed E-state index contributed by atoms with van der Waals surface area (Å²) in [4.78, 5) is 16.3. The van der Waals surface area contributed by atoms with Gasteiger partial charge in [-0.15, -0.1) is 0 Å². The Bertz CT molecular complexity index is 878. The molecule has 3 N–H and O–H groups in total. The third-order valence-corrected chi connectivity index (χ3v) is 3.31. The highest BCUT2D eigenvalue weighted by Gasteiger charge is 2.06. The Balaban J connectivity index is 1.59. The molecule has 0 radical (unpaired) electrons. The highest BCUT2D eigenvalue weighted by atomic mass is 15.2. The highest BCUT2D eigenvalue weighted by molar-refractivity contribution is 5.75. The SMILES string of the molecule is c1ccc(Nc2ncc3[nH]c(Nc4ccccc4)nc3n2)cc1. The van der Waals surface area contributed by atoms with Crippen LogP contribution in [-0.2, 0) is 0 Å². The maximum absolute atomic E-state index is 4.45. The fraction of sp³-hybridized carbons (Fsp3) is 0. The number of hydrogen-bond acceptors (Lipinski definition) is 5. The predicted octanol–water partition coefficient (Wildman–Crippen LogP) is 3.84. The average molecular weight is 302 g/mol. The van der Waals surface area contributed by atoms with Gasteiger partial charge >= 0.3 is 0 Å². The normalized spacial score (nSPS) is 10.6. The summed E-state index contributed by atoms with van der Waals surface area (Å²) in [7, 11) is 0. The second-order valence-corrected chi connectivity index (χ2v) is 5.00. The predicted molar refractivity (Wildman–Crippen MR) is 91.1 cm³/mol. The first-order chi connectivity index (χ1) is 11.4. The van der Waals surface area contributed by atoms with E-state index in [0.29, 0.717) is 17.5 Å². The van der Waals surface area contributed by atoms with Gasteiger partial charge in [-0.3, -0.25) is 0 Å². The van der Waals surface area contributed by atoms with Crippen molar-refractivity contribution in [1.82, 2.24) is 19.9 Å². The summed E-state index contributed by atoms with van der Waals surface area (Å²) in [6.45, 7) is 0. The lowest BCUT2D eigenvalue weighted by Crippen LogP contribution is -1.96. The number of aromatic nitrogens is 4. The Morgan fingerprint density at radius 3 is 2.09 bits per heavy atom. The van der Waals surface area contributed by atoms with Crippen LogP contribution in [0.3, 0.4) is 0 Å². The molecule has 0 aliphatic heterocycles. The Kier molecular flexibility index (Phi) is 3.32. The van der Waals surface area contributed by atoms with Gasteiger partial charge in [-0.25, -0.2) is 4.98 Å². The Morgan fingerprint density at radius 1 is 0.739 bits per heavy atom. The van der Waals surface area contributed by atoms with Gasteiger partial charge in [0, 0.05) is 11.4 Å². The van der Waals surface area contributed by atoms with Gasteiger partial charge in [0.25, 0.3) is 0 Å². The smallest absolute Gasteiger partial charge is 0.229 e.